The Morgan fingerprint density at radius 2 is 1.46 bits per heavy atom. The Kier molecular flexibility index (Phi) is 5.50. The number of hydrogen-bond donors (Lipinski definition) is 1. The first-order chi connectivity index (χ1) is 11.9. The smallest absolute Gasteiger partial charge is 0.335 e. The van der Waals surface area contributed by atoms with Crippen LogP contribution in [0, 0.1) is 6.92 Å². The highest BCUT2D eigenvalue weighted by Gasteiger charge is 2.25. The molecule has 3 heteroatoms. The lowest BCUT2D eigenvalue weighted by molar-refractivity contribution is 0.0697. The molecule has 26 heavy (non-hydrogen) atoms. The molecule has 0 bridgehead atoms. The number of carboxylic acids is 1. The minimum absolute atomic E-state index is 0.0315. The van der Waals surface area contributed by atoms with Gasteiger partial charge in [0.05, 0.1) is 5.56 Å². The maximum Gasteiger partial charge on any atom is 0.335 e. The van der Waals surface area contributed by atoms with Gasteiger partial charge in [0.25, 0.3) is 0 Å². The Labute approximate surface area is 157 Å². The fourth-order valence-corrected chi connectivity index (χ4v) is 3.10. The molecule has 0 radical (unpaired) electrons. The van der Waals surface area contributed by atoms with Gasteiger partial charge in [-0.2, -0.15) is 0 Å². The van der Waals surface area contributed by atoms with Gasteiger partial charge in [0.1, 0.15) is 12.4 Å². The van der Waals surface area contributed by atoms with E-state index in [4.69, 9.17) is 9.84 Å². The van der Waals surface area contributed by atoms with Crippen molar-refractivity contribution < 1.29 is 14.6 Å². The Hall–Kier alpha value is -2.29. The van der Waals surface area contributed by atoms with E-state index >= 15 is 0 Å². The lowest BCUT2D eigenvalue weighted by Gasteiger charge is -2.29. The molecule has 0 unspecified atom stereocenters. The van der Waals surface area contributed by atoms with Crippen LogP contribution in [0.4, 0.5) is 0 Å². The summed E-state index contributed by atoms with van der Waals surface area (Å²) in [5, 5.41) is 9.00. The van der Waals surface area contributed by atoms with E-state index in [-0.39, 0.29) is 16.4 Å². The minimum atomic E-state index is -0.916. The number of aromatic carboxylic acids is 1. The van der Waals surface area contributed by atoms with Crippen molar-refractivity contribution in [1.29, 1.82) is 0 Å². The van der Waals surface area contributed by atoms with Gasteiger partial charge in [-0.15, -0.1) is 0 Å². The van der Waals surface area contributed by atoms with Crippen molar-refractivity contribution in [3.05, 3.63) is 64.2 Å². The van der Waals surface area contributed by atoms with Crippen molar-refractivity contribution in [1.82, 2.24) is 0 Å². The summed E-state index contributed by atoms with van der Waals surface area (Å²) in [6, 6.07) is 11.2. The second kappa shape index (κ2) is 7.14. The average Bonchev–Trinajstić information content (AvgIpc) is 2.50. The van der Waals surface area contributed by atoms with Crippen LogP contribution in [-0.4, -0.2) is 11.1 Å². The third kappa shape index (κ3) is 4.66. The Morgan fingerprint density at radius 3 is 1.92 bits per heavy atom. The lowest BCUT2D eigenvalue weighted by Crippen LogP contribution is -2.19. The number of carboxylic acid groups (broad SMARTS) is 1. The molecular formula is C23H30O3. The van der Waals surface area contributed by atoms with Crippen molar-refractivity contribution in [3.63, 3.8) is 0 Å². The highest BCUT2D eigenvalue weighted by atomic mass is 16.5. The summed E-state index contributed by atoms with van der Waals surface area (Å²) in [5.41, 5.74) is 5.03. The molecule has 2 rings (SSSR count). The second-order valence-electron chi connectivity index (χ2n) is 8.95. The average molecular weight is 354 g/mol. The molecule has 0 spiro atoms. The molecule has 140 valence electrons. The molecular weight excluding hydrogens is 324 g/mol. The molecule has 3 nitrogen and oxygen atoms in total. The molecule has 0 heterocycles. The van der Waals surface area contributed by atoms with Crippen LogP contribution in [-0.2, 0) is 17.4 Å². The molecule has 0 atom stereocenters. The number of hydrogen-bond acceptors (Lipinski definition) is 2. The van der Waals surface area contributed by atoms with Gasteiger partial charge < -0.3 is 9.84 Å². The molecule has 0 aliphatic carbocycles. The van der Waals surface area contributed by atoms with Gasteiger partial charge in [-0.1, -0.05) is 59.7 Å². The predicted octanol–water partition coefficient (Wildman–Crippen LogP) is 5.87. The van der Waals surface area contributed by atoms with Crippen molar-refractivity contribution in [2.75, 3.05) is 0 Å². The summed E-state index contributed by atoms with van der Waals surface area (Å²) < 4.78 is 6.15. The largest absolute Gasteiger partial charge is 0.489 e. The van der Waals surface area contributed by atoms with Crippen molar-refractivity contribution in [2.45, 2.75) is 65.9 Å². The zero-order valence-electron chi connectivity index (χ0n) is 16.9. The van der Waals surface area contributed by atoms with E-state index in [2.05, 4.69) is 60.6 Å². The lowest BCUT2D eigenvalue weighted by atomic mass is 9.78. The van der Waals surface area contributed by atoms with E-state index in [1.165, 1.54) is 16.7 Å². The molecule has 0 aliphatic rings. The number of carbonyl (C=O) groups is 1. The van der Waals surface area contributed by atoms with Crippen LogP contribution in [0.5, 0.6) is 5.75 Å². The number of aryl methyl sites for hydroxylation is 1. The first kappa shape index (κ1) is 20.0. The maximum atomic E-state index is 11.0. The summed E-state index contributed by atoms with van der Waals surface area (Å²) >= 11 is 0. The van der Waals surface area contributed by atoms with Crippen molar-refractivity contribution in [3.8, 4) is 5.75 Å². The van der Waals surface area contributed by atoms with Crippen LogP contribution in [0.25, 0.3) is 0 Å². The van der Waals surface area contributed by atoms with E-state index in [1.54, 1.807) is 24.3 Å². The van der Waals surface area contributed by atoms with E-state index in [9.17, 15) is 4.79 Å². The zero-order chi connectivity index (χ0) is 19.7. The molecule has 0 fully saturated rings. The SMILES string of the molecule is Cc1cc(OCc2ccc(C(=O)O)cc2)c(C(C)(C)C)cc1C(C)(C)C. The topological polar surface area (TPSA) is 46.5 Å². The van der Waals surface area contributed by atoms with Crippen LogP contribution < -0.4 is 4.74 Å². The zero-order valence-corrected chi connectivity index (χ0v) is 16.9. The minimum Gasteiger partial charge on any atom is -0.489 e. The monoisotopic (exact) mass is 354 g/mol. The molecule has 0 saturated heterocycles. The molecule has 0 saturated carbocycles. The predicted molar refractivity (Wildman–Crippen MR) is 106 cm³/mol. The molecule has 2 aromatic rings. The fourth-order valence-electron chi connectivity index (χ4n) is 3.10. The quantitative estimate of drug-likeness (QED) is 0.747. The van der Waals surface area contributed by atoms with E-state index in [1.807, 2.05) is 0 Å². The summed E-state index contributed by atoms with van der Waals surface area (Å²) in [5.74, 6) is -0.0220. The summed E-state index contributed by atoms with van der Waals surface area (Å²) in [7, 11) is 0. The van der Waals surface area contributed by atoms with E-state index < -0.39 is 5.97 Å². The number of benzene rings is 2. The normalized spacial score (nSPS) is 12.1. The van der Waals surface area contributed by atoms with Gasteiger partial charge in [0.2, 0.25) is 0 Å². The standard InChI is InChI=1S/C23H30O3/c1-15-12-20(19(23(5,6)7)13-18(15)22(2,3)4)26-14-16-8-10-17(11-9-16)21(24)25/h8-13H,14H2,1-7H3,(H,24,25). The Morgan fingerprint density at radius 1 is 0.923 bits per heavy atom. The van der Waals surface area contributed by atoms with Crippen LogP contribution in [0.1, 0.15) is 74.2 Å². The van der Waals surface area contributed by atoms with Gasteiger partial charge in [-0.25, -0.2) is 4.79 Å². The number of rotatable bonds is 4. The fraction of sp³-hybridized carbons (Fsp3) is 0.435. The van der Waals surface area contributed by atoms with Gasteiger partial charge >= 0.3 is 5.97 Å². The molecule has 0 aromatic heterocycles. The van der Waals surface area contributed by atoms with Crippen LogP contribution >= 0.6 is 0 Å². The van der Waals surface area contributed by atoms with Gasteiger partial charge in [-0.05, 0) is 58.2 Å². The number of ether oxygens (including phenoxy) is 1. The van der Waals surface area contributed by atoms with Crippen molar-refractivity contribution >= 4 is 5.97 Å². The van der Waals surface area contributed by atoms with Crippen LogP contribution in [0.3, 0.4) is 0 Å². The van der Waals surface area contributed by atoms with Gasteiger partial charge in [0.15, 0.2) is 0 Å². The van der Waals surface area contributed by atoms with Gasteiger partial charge in [0, 0.05) is 0 Å². The van der Waals surface area contributed by atoms with Crippen LogP contribution in [0.2, 0.25) is 0 Å². The van der Waals surface area contributed by atoms with E-state index in [0.29, 0.717) is 6.61 Å². The maximum absolute atomic E-state index is 11.0. The Balaban J connectivity index is 2.33. The van der Waals surface area contributed by atoms with E-state index in [0.717, 1.165) is 11.3 Å². The first-order valence-corrected chi connectivity index (χ1v) is 9.00. The molecule has 0 aliphatic heterocycles. The highest BCUT2D eigenvalue weighted by molar-refractivity contribution is 5.87. The van der Waals surface area contributed by atoms with Gasteiger partial charge in [-0.3, -0.25) is 0 Å². The molecule has 2 aromatic carbocycles. The third-order valence-corrected chi connectivity index (χ3v) is 4.54. The van der Waals surface area contributed by atoms with Crippen LogP contribution in [0.15, 0.2) is 36.4 Å². The molecule has 1 N–H and O–H groups in total. The third-order valence-electron chi connectivity index (χ3n) is 4.54. The summed E-state index contributed by atoms with van der Waals surface area (Å²) in [4.78, 5) is 11.0. The highest BCUT2D eigenvalue weighted by Crippen LogP contribution is 2.37. The summed E-state index contributed by atoms with van der Waals surface area (Å²) in [6.07, 6.45) is 0. The second-order valence-corrected chi connectivity index (χ2v) is 8.95. The molecule has 0 amide bonds. The first-order valence-electron chi connectivity index (χ1n) is 9.00. The van der Waals surface area contributed by atoms with Crippen molar-refractivity contribution in [2.24, 2.45) is 0 Å². The summed E-state index contributed by atoms with van der Waals surface area (Å²) in [6.45, 7) is 15.8. The Bertz CT molecular complexity index is 788.